The number of ether oxygens (including phenoxy) is 1. The van der Waals surface area contributed by atoms with Crippen LogP contribution in [0.25, 0.3) is 11.5 Å². The number of anilines is 2. The molecule has 1 amide bonds. The van der Waals surface area contributed by atoms with Gasteiger partial charge in [0.25, 0.3) is 0 Å². The van der Waals surface area contributed by atoms with Gasteiger partial charge in [-0.2, -0.15) is 11.3 Å². The molecule has 2 aromatic heterocycles. The van der Waals surface area contributed by atoms with Crippen LogP contribution >= 0.6 is 11.3 Å². The van der Waals surface area contributed by atoms with Crippen molar-refractivity contribution in [3.05, 3.63) is 46.7 Å². The maximum absolute atomic E-state index is 14.7. The van der Waals surface area contributed by atoms with Gasteiger partial charge in [0.05, 0.1) is 17.9 Å². The third-order valence-electron chi connectivity index (χ3n) is 4.79. The number of nitrogens with zero attached hydrogens (tertiary/aromatic N) is 3. The minimum absolute atomic E-state index is 0.0393. The van der Waals surface area contributed by atoms with Crippen molar-refractivity contribution in [1.82, 2.24) is 10.2 Å². The second-order valence-electron chi connectivity index (χ2n) is 7.39. The molecule has 0 aliphatic carbocycles. The predicted molar refractivity (Wildman–Crippen MR) is 113 cm³/mol. The van der Waals surface area contributed by atoms with Crippen molar-refractivity contribution in [2.75, 3.05) is 23.3 Å². The number of hydrogen-bond acceptors (Lipinski definition) is 7. The number of aromatic nitrogens is 2. The summed E-state index contributed by atoms with van der Waals surface area (Å²) in [7, 11) is 0. The first-order valence-corrected chi connectivity index (χ1v) is 10.8. The molecule has 1 aliphatic rings. The van der Waals surface area contributed by atoms with Crippen molar-refractivity contribution in [1.29, 1.82) is 0 Å². The number of nitrogens with one attached hydrogen (secondary N) is 1. The molecule has 2 atom stereocenters. The first-order chi connectivity index (χ1) is 14.5. The van der Waals surface area contributed by atoms with Crippen LogP contribution in [0.1, 0.15) is 26.2 Å². The molecule has 0 radical (unpaired) electrons. The zero-order valence-electron chi connectivity index (χ0n) is 16.8. The second-order valence-corrected chi connectivity index (χ2v) is 8.17. The molecular formula is C21H23FN4O3S. The molecule has 3 aromatic rings. The van der Waals surface area contributed by atoms with Gasteiger partial charge >= 0.3 is 0 Å². The molecule has 7 nitrogen and oxygen atoms in total. The molecule has 1 aromatic carbocycles. The van der Waals surface area contributed by atoms with E-state index in [1.54, 1.807) is 23.5 Å². The molecule has 1 aliphatic heterocycles. The predicted octanol–water partition coefficient (Wildman–Crippen LogP) is 4.12. The quantitative estimate of drug-likeness (QED) is 0.634. The molecule has 4 rings (SSSR count). The molecule has 3 heterocycles. The van der Waals surface area contributed by atoms with Crippen LogP contribution in [-0.4, -0.2) is 41.4 Å². The van der Waals surface area contributed by atoms with Gasteiger partial charge in [0, 0.05) is 42.6 Å². The van der Waals surface area contributed by atoms with Gasteiger partial charge in [-0.05, 0) is 43.5 Å². The van der Waals surface area contributed by atoms with Crippen molar-refractivity contribution < 1.29 is 18.3 Å². The van der Waals surface area contributed by atoms with E-state index < -0.39 is 0 Å². The van der Waals surface area contributed by atoms with Crippen LogP contribution in [0.15, 0.2) is 39.4 Å². The fraction of sp³-hybridized carbons (Fsp3) is 0.381. The largest absolute Gasteiger partial charge is 0.421 e. The highest BCUT2D eigenvalue weighted by Crippen LogP contribution is 2.26. The molecule has 0 bridgehead atoms. The number of morpholine rings is 1. The normalized spacial score (nSPS) is 19.1. The summed E-state index contributed by atoms with van der Waals surface area (Å²) in [6, 6.07) is 6.65. The molecule has 9 heteroatoms. The Labute approximate surface area is 177 Å². The number of rotatable bonds is 6. The summed E-state index contributed by atoms with van der Waals surface area (Å²) in [5.74, 6) is 0.219. The highest BCUT2D eigenvalue weighted by molar-refractivity contribution is 7.08. The Hall–Kier alpha value is -2.78. The van der Waals surface area contributed by atoms with Crippen LogP contribution in [-0.2, 0) is 16.0 Å². The Bertz CT molecular complexity index is 998. The van der Waals surface area contributed by atoms with Crippen molar-refractivity contribution in [2.24, 2.45) is 0 Å². The molecule has 0 spiro atoms. The molecular weight excluding hydrogens is 407 g/mol. The lowest BCUT2D eigenvalue weighted by molar-refractivity contribution is -0.116. The number of halogens is 1. The van der Waals surface area contributed by atoms with Crippen LogP contribution in [0.2, 0.25) is 0 Å². The Kier molecular flexibility index (Phi) is 6.10. The molecule has 158 valence electrons. The third kappa shape index (κ3) is 4.85. The van der Waals surface area contributed by atoms with Crippen LogP contribution in [0.4, 0.5) is 15.8 Å². The van der Waals surface area contributed by atoms with E-state index in [0.717, 1.165) is 5.56 Å². The smallest absolute Gasteiger partial charge is 0.248 e. The van der Waals surface area contributed by atoms with E-state index in [-0.39, 0.29) is 30.4 Å². The van der Waals surface area contributed by atoms with Crippen molar-refractivity contribution in [2.45, 2.75) is 38.9 Å². The van der Waals surface area contributed by atoms with E-state index in [4.69, 9.17) is 9.15 Å². The Balaban J connectivity index is 1.33. The standard InChI is InChI=1S/C21H23FN4O3S/c1-13-10-26(11-14(2)28-13)18-4-3-16(9-17(18)22)23-19(27)5-6-20-24-25-21(29-20)15-7-8-30-12-15/h3-4,7-9,12-14H,5-6,10-11H2,1-2H3,(H,23,27)/t13-,14-/m0/s1. The fourth-order valence-corrected chi connectivity index (χ4v) is 4.15. The highest BCUT2D eigenvalue weighted by Gasteiger charge is 2.24. The van der Waals surface area contributed by atoms with Crippen LogP contribution in [0, 0.1) is 5.82 Å². The number of benzene rings is 1. The number of hydrogen-bond donors (Lipinski definition) is 1. The highest BCUT2D eigenvalue weighted by atomic mass is 32.1. The maximum Gasteiger partial charge on any atom is 0.248 e. The van der Waals surface area contributed by atoms with Gasteiger partial charge in [-0.25, -0.2) is 4.39 Å². The fourth-order valence-electron chi connectivity index (χ4n) is 3.52. The monoisotopic (exact) mass is 430 g/mol. The van der Waals surface area contributed by atoms with E-state index in [9.17, 15) is 9.18 Å². The lowest BCUT2D eigenvalue weighted by Crippen LogP contribution is -2.45. The average molecular weight is 431 g/mol. The Morgan fingerprint density at radius 1 is 1.27 bits per heavy atom. The average Bonchev–Trinajstić information content (AvgIpc) is 3.37. The topological polar surface area (TPSA) is 80.5 Å². The van der Waals surface area contributed by atoms with Gasteiger partial charge in [0.1, 0.15) is 5.82 Å². The number of thiophene rings is 1. The number of carbonyl (C=O) groups excluding carboxylic acids is 1. The van der Waals surface area contributed by atoms with E-state index in [1.807, 2.05) is 35.6 Å². The van der Waals surface area contributed by atoms with Crippen molar-refractivity contribution >= 4 is 28.6 Å². The van der Waals surface area contributed by atoms with E-state index in [1.165, 1.54) is 6.07 Å². The lowest BCUT2D eigenvalue weighted by atomic mass is 10.1. The SMILES string of the molecule is C[C@H]1CN(c2ccc(NC(=O)CCc3nnc(-c4ccsc4)o3)cc2F)C[C@H](C)O1. The number of carbonyl (C=O) groups is 1. The summed E-state index contributed by atoms with van der Waals surface area (Å²) in [5.41, 5.74) is 1.80. The van der Waals surface area contributed by atoms with Crippen LogP contribution in [0.3, 0.4) is 0 Å². The van der Waals surface area contributed by atoms with E-state index in [0.29, 0.717) is 42.7 Å². The van der Waals surface area contributed by atoms with Gasteiger partial charge in [0.15, 0.2) is 0 Å². The zero-order chi connectivity index (χ0) is 21.1. The van der Waals surface area contributed by atoms with Gasteiger partial charge in [0.2, 0.25) is 17.7 Å². The number of aryl methyl sites for hydroxylation is 1. The minimum Gasteiger partial charge on any atom is -0.421 e. The van der Waals surface area contributed by atoms with Gasteiger partial charge in [-0.3, -0.25) is 4.79 Å². The second kappa shape index (κ2) is 8.93. The van der Waals surface area contributed by atoms with Crippen molar-refractivity contribution in [3.63, 3.8) is 0 Å². The van der Waals surface area contributed by atoms with Gasteiger partial charge < -0.3 is 19.4 Å². The number of amides is 1. The summed E-state index contributed by atoms with van der Waals surface area (Å²) in [6.45, 7) is 5.21. The summed E-state index contributed by atoms with van der Waals surface area (Å²) in [5, 5.41) is 14.5. The summed E-state index contributed by atoms with van der Waals surface area (Å²) < 4.78 is 25.9. The maximum atomic E-state index is 14.7. The minimum atomic E-state index is -0.369. The molecule has 30 heavy (non-hydrogen) atoms. The van der Waals surface area contributed by atoms with Crippen molar-refractivity contribution in [3.8, 4) is 11.5 Å². The van der Waals surface area contributed by atoms with E-state index in [2.05, 4.69) is 15.5 Å². The third-order valence-corrected chi connectivity index (χ3v) is 5.48. The molecule has 0 saturated carbocycles. The Morgan fingerprint density at radius 3 is 2.77 bits per heavy atom. The van der Waals surface area contributed by atoms with Crippen LogP contribution < -0.4 is 10.2 Å². The molecule has 1 saturated heterocycles. The van der Waals surface area contributed by atoms with E-state index >= 15 is 0 Å². The first-order valence-electron chi connectivity index (χ1n) is 9.82. The first kappa shape index (κ1) is 20.5. The Morgan fingerprint density at radius 2 is 2.07 bits per heavy atom. The van der Waals surface area contributed by atoms with Gasteiger partial charge in [-0.1, -0.05) is 0 Å². The summed E-state index contributed by atoms with van der Waals surface area (Å²) in [4.78, 5) is 14.2. The zero-order valence-corrected chi connectivity index (χ0v) is 17.6. The van der Waals surface area contributed by atoms with Crippen LogP contribution in [0.5, 0.6) is 0 Å². The van der Waals surface area contributed by atoms with Gasteiger partial charge in [-0.15, -0.1) is 10.2 Å². The summed E-state index contributed by atoms with van der Waals surface area (Å²) in [6.07, 6.45) is 0.551. The molecule has 0 unspecified atom stereocenters. The lowest BCUT2D eigenvalue weighted by Gasteiger charge is -2.37. The summed E-state index contributed by atoms with van der Waals surface area (Å²) >= 11 is 1.54. The molecule has 1 fully saturated rings. The molecule has 1 N–H and O–H groups in total.